The molecule has 168 valence electrons. The Balaban J connectivity index is 1.72. The van der Waals surface area contributed by atoms with Crippen molar-refractivity contribution >= 4 is 39.6 Å². The monoisotopic (exact) mass is 473 g/mol. The fraction of sp³-hybridized carbons (Fsp3) is 0.700. The SMILES string of the molecule is CSn1cccc(CC(C)N2CCCC(CC(C)N3CCSCC3=O)S2(=O)=O)c1=O. The molecule has 30 heavy (non-hydrogen) atoms. The van der Waals surface area contributed by atoms with E-state index in [-0.39, 0.29) is 23.6 Å². The van der Waals surface area contributed by atoms with Crippen molar-refractivity contribution in [2.75, 3.05) is 30.9 Å². The Morgan fingerprint density at radius 2 is 2.00 bits per heavy atom. The zero-order valence-corrected chi connectivity index (χ0v) is 20.3. The van der Waals surface area contributed by atoms with Crippen LogP contribution in [-0.4, -0.2) is 75.7 Å². The lowest BCUT2D eigenvalue weighted by atomic mass is 10.1. The maximum atomic E-state index is 13.4. The van der Waals surface area contributed by atoms with Crippen molar-refractivity contribution in [3.8, 4) is 0 Å². The molecule has 3 rings (SSSR count). The Kier molecular flexibility index (Phi) is 7.97. The highest BCUT2D eigenvalue weighted by Crippen LogP contribution is 2.29. The van der Waals surface area contributed by atoms with Gasteiger partial charge in [-0.15, -0.1) is 0 Å². The van der Waals surface area contributed by atoms with Crippen molar-refractivity contribution in [3.63, 3.8) is 0 Å². The van der Waals surface area contributed by atoms with E-state index in [0.717, 1.165) is 12.2 Å². The molecule has 3 atom stereocenters. The summed E-state index contributed by atoms with van der Waals surface area (Å²) >= 11 is 2.96. The molecule has 1 amide bonds. The van der Waals surface area contributed by atoms with Gasteiger partial charge in [-0.2, -0.15) is 16.1 Å². The third-order valence-electron chi connectivity index (χ3n) is 6.01. The Bertz CT molecular complexity index is 918. The van der Waals surface area contributed by atoms with Crippen molar-refractivity contribution in [2.24, 2.45) is 0 Å². The Morgan fingerprint density at radius 3 is 2.70 bits per heavy atom. The second-order valence-electron chi connectivity index (χ2n) is 8.04. The molecule has 10 heteroatoms. The molecule has 0 saturated carbocycles. The van der Waals surface area contributed by atoms with Gasteiger partial charge in [-0.25, -0.2) is 8.42 Å². The van der Waals surface area contributed by atoms with Crippen LogP contribution in [0.3, 0.4) is 0 Å². The van der Waals surface area contributed by atoms with E-state index >= 15 is 0 Å². The lowest BCUT2D eigenvalue weighted by molar-refractivity contribution is -0.130. The van der Waals surface area contributed by atoms with Gasteiger partial charge >= 0.3 is 0 Å². The molecule has 2 aliphatic heterocycles. The molecule has 1 aromatic rings. The summed E-state index contributed by atoms with van der Waals surface area (Å²) in [6.45, 7) is 5.01. The van der Waals surface area contributed by atoms with Crippen LogP contribution >= 0.6 is 23.7 Å². The summed E-state index contributed by atoms with van der Waals surface area (Å²) in [7, 11) is -3.49. The van der Waals surface area contributed by atoms with Crippen LogP contribution in [0.1, 0.15) is 38.7 Å². The molecule has 2 fully saturated rings. The molecule has 2 aliphatic rings. The van der Waals surface area contributed by atoms with Crippen molar-refractivity contribution < 1.29 is 13.2 Å². The van der Waals surface area contributed by atoms with Gasteiger partial charge in [-0.05, 0) is 57.5 Å². The summed E-state index contributed by atoms with van der Waals surface area (Å²) in [6.07, 6.45) is 5.83. The summed E-state index contributed by atoms with van der Waals surface area (Å²) < 4.78 is 29.9. The number of hydrogen-bond acceptors (Lipinski definition) is 6. The minimum absolute atomic E-state index is 0.0853. The summed E-state index contributed by atoms with van der Waals surface area (Å²) in [4.78, 5) is 26.6. The minimum atomic E-state index is -3.49. The highest BCUT2D eigenvalue weighted by Gasteiger charge is 2.40. The smallest absolute Gasteiger partial charge is 0.263 e. The number of pyridine rings is 1. The van der Waals surface area contributed by atoms with Crippen LogP contribution < -0.4 is 5.56 Å². The van der Waals surface area contributed by atoms with Crippen molar-refractivity contribution in [3.05, 3.63) is 34.2 Å². The minimum Gasteiger partial charge on any atom is -0.338 e. The maximum absolute atomic E-state index is 13.4. The van der Waals surface area contributed by atoms with Gasteiger partial charge in [0.25, 0.3) is 5.56 Å². The lowest BCUT2D eigenvalue weighted by Gasteiger charge is -2.39. The van der Waals surface area contributed by atoms with Gasteiger partial charge in [-0.3, -0.25) is 13.6 Å². The molecule has 0 aromatic carbocycles. The first-order chi connectivity index (χ1) is 14.3. The fourth-order valence-electron chi connectivity index (χ4n) is 4.39. The van der Waals surface area contributed by atoms with E-state index in [0.29, 0.717) is 43.7 Å². The molecule has 0 aliphatic carbocycles. The van der Waals surface area contributed by atoms with Gasteiger partial charge in [0.15, 0.2) is 0 Å². The number of hydrogen-bond donors (Lipinski definition) is 0. The van der Waals surface area contributed by atoms with Crippen LogP contribution in [0.25, 0.3) is 0 Å². The van der Waals surface area contributed by atoms with Gasteiger partial charge in [0.05, 0.1) is 11.0 Å². The summed E-state index contributed by atoms with van der Waals surface area (Å²) in [5.41, 5.74) is 0.541. The fourth-order valence-corrected chi connectivity index (χ4v) is 8.01. The van der Waals surface area contributed by atoms with Gasteiger partial charge in [-0.1, -0.05) is 6.07 Å². The number of aromatic nitrogens is 1. The van der Waals surface area contributed by atoms with Crippen molar-refractivity contribution in [1.29, 1.82) is 0 Å². The zero-order valence-electron chi connectivity index (χ0n) is 17.8. The van der Waals surface area contributed by atoms with E-state index < -0.39 is 15.3 Å². The molecular formula is C20H31N3O4S3. The predicted molar refractivity (Wildman–Crippen MR) is 125 cm³/mol. The largest absolute Gasteiger partial charge is 0.338 e. The molecule has 2 saturated heterocycles. The first-order valence-corrected chi connectivity index (χ1v) is 14.2. The Morgan fingerprint density at radius 1 is 1.23 bits per heavy atom. The number of nitrogens with zero attached hydrogens (tertiary/aromatic N) is 3. The van der Waals surface area contributed by atoms with Crippen LogP contribution in [0.2, 0.25) is 0 Å². The number of carbonyl (C=O) groups excluding carboxylic acids is 1. The summed E-state index contributed by atoms with van der Waals surface area (Å²) in [6, 6.07) is 3.23. The predicted octanol–water partition coefficient (Wildman–Crippen LogP) is 2.05. The van der Waals surface area contributed by atoms with Crippen LogP contribution in [0.4, 0.5) is 0 Å². The van der Waals surface area contributed by atoms with E-state index in [1.165, 1.54) is 11.9 Å². The maximum Gasteiger partial charge on any atom is 0.263 e. The first kappa shape index (κ1) is 23.7. The molecule has 3 heterocycles. The van der Waals surface area contributed by atoms with Crippen LogP contribution in [-0.2, 0) is 21.2 Å². The summed E-state index contributed by atoms with van der Waals surface area (Å²) in [5.74, 6) is 1.49. The Labute approximate surface area is 187 Å². The van der Waals surface area contributed by atoms with Crippen LogP contribution in [0.15, 0.2) is 23.1 Å². The van der Waals surface area contributed by atoms with E-state index in [1.54, 1.807) is 32.3 Å². The van der Waals surface area contributed by atoms with Gasteiger partial charge < -0.3 is 4.90 Å². The highest BCUT2D eigenvalue weighted by molar-refractivity contribution is 8.00. The van der Waals surface area contributed by atoms with Crippen molar-refractivity contribution in [2.45, 2.75) is 56.9 Å². The van der Waals surface area contributed by atoms with E-state index in [4.69, 9.17) is 0 Å². The molecule has 7 nitrogen and oxygen atoms in total. The van der Waals surface area contributed by atoms with E-state index in [1.807, 2.05) is 31.1 Å². The topological polar surface area (TPSA) is 79.7 Å². The van der Waals surface area contributed by atoms with Gasteiger partial charge in [0, 0.05) is 48.9 Å². The molecule has 1 aromatic heterocycles. The van der Waals surface area contributed by atoms with Crippen LogP contribution in [0.5, 0.6) is 0 Å². The second-order valence-corrected chi connectivity index (χ2v) is 12.1. The standard InChI is InChI=1S/C20H31N3O4S3/c1-15(21-10-11-29-14-19(21)24)13-18-7-5-9-23(30(18,26)27)16(2)12-17-6-4-8-22(28-3)20(17)25/h4,6,8,15-16,18H,5,7,9-14H2,1-3H3. The molecular weight excluding hydrogens is 442 g/mol. The average molecular weight is 474 g/mol. The molecule has 0 spiro atoms. The third-order valence-corrected chi connectivity index (χ3v) is 10.1. The quantitative estimate of drug-likeness (QED) is 0.603. The van der Waals surface area contributed by atoms with Crippen LogP contribution in [0, 0.1) is 0 Å². The number of thioether (sulfide) groups is 1. The second kappa shape index (κ2) is 10.1. The number of sulfonamides is 1. The number of carbonyl (C=O) groups is 1. The molecule has 0 radical (unpaired) electrons. The molecule has 0 bridgehead atoms. The van der Waals surface area contributed by atoms with Gasteiger partial charge in [0.2, 0.25) is 15.9 Å². The molecule has 3 unspecified atom stereocenters. The van der Waals surface area contributed by atoms with E-state index in [9.17, 15) is 18.0 Å². The molecule has 0 N–H and O–H groups in total. The average Bonchev–Trinajstić information content (AvgIpc) is 2.71. The third kappa shape index (κ3) is 5.08. The number of amides is 1. The lowest BCUT2D eigenvalue weighted by Crippen LogP contribution is -2.52. The number of rotatable bonds is 7. The Hall–Kier alpha value is -0.970. The highest BCUT2D eigenvalue weighted by atomic mass is 32.2. The van der Waals surface area contributed by atoms with Gasteiger partial charge in [0.1, 0.15) is 0 Å². The first-order valence-electron chi connectivity index (χ1n) is 10.4. The summed E-state index contributed by atoms with van der Waals surface area (Å²) in [5, 5.41) is -0.482. The van der Waals surface area contributed by atoms with Crippen molar-refractivity contribution in [1.82, 2.24) is 13.2 Å². The van der Waals surface area contributed by atoms with E-state index in [2.05, 4.69) is 0 Å². The zero-order chi connectivity index (χ0) is 21.9. The normalized spacial score (nSPS) is 24.6.